The van der Waals surface area contributed by atoms with Crippen molar-refractivity contribution < 1.29 is 9.78 Å². The van der Waals surface area contributed by atoms with E-state index in [4.69, 9.17) is 21.4 Å². The van der Waals surface area contributed by atoms with Crippen molar-refractivity contribution in [3.8, 4) is 0 Å². The number of hydrogen-bond donors (Lipinski definition) is 0. The molecule has 1 aliphatic heterocycles. The molecule has 4 saturated carbocycles. The van der Waals surface area contributed by atoms with E-state index in [-0.39, 0.29) is 4.87 Å². The highest BCUT2D eigenvalue weighted by atomic mass is 35.5. The SMILES string of the molecule is ClC12CC3CC(CC(C3)C1=C1COO1)C2. The van der Waals surface area contributed by atoms with E-state index in [0.29, 0.717) is 12.5 Å². The number of halogens is 1. The highest BCUT2D eigenvalue weighted by molar-refractivity contribution is 6.26. The summed E-state index contributed by atoms with van der Waals surface area (Å²) >= 11 is 6.81. The van der Waals surface area contributed by atoms with E-state index >= 15 is 0 Å². The van der Waals surface area contributed by atoms with E-state index in [1.54, 1.807) is 0 Å². The number of rotatable bonds is 0. The Morgan fingerprint density at radius 3 is 2.27 bits per heavy atom. The van der Waals surface area contributed by atoms with Crippen molar-refractivity contribution in [2.45, 2.75) is 37.0 Å². The van der Waals surface area contributed by atoms with Gasteiger partial charge in [0.05, 0.1) is 4.87 Å². The van der Waals surface area contributed by atoms with Crippen LogP contribution in [0.15, 0.2) is 11.3 Å². The minimum atomic E-state index is -0.0616. The third kappa shape index (κ3) is 1.10. The Labute approximate surface area is 94.5 Å². The van der Waals surface area contributed by atoms with Gasteiger partial charge in [-0.2, -0.15) is 4.89 Å². The van der Waals surface area contributed by atoms with Crippen molar-refractivity contribution in [3.05, 3.63) is 11.3 Å². The summed E-state index contributed by atoms with van der Waals surface area (Å²) in [4.78, 5) is 9.88. The Balaban J connectivity index is 1.80. The minimum Gasteiger partial charge on any atom is -0.339 e. The van der Waals surface area contributed by atoms with E-state index < -0.39 is 0 Å². The molecule has 4 bridgehead atoms. The van der Waals surface area contributed by atoms with Crippen LogP contribution in [0, 0.1) is 17.8 Å². The van der Waals surface area contributed by atoms with Gasteiger partial charge in [0.2, 0.25) is 0 Å². The van der Waals surface area contributed by atoms with E-state index in [9.17, 15) is 0 Å². The third-order valence-corrected chi connectivity index (χ3v) is 5.18. The van der Waals surface area contributed by atoms with Gasteiger partial charge < -0.3 is 4.89 Å². The third-order valence-electron chi connectivity index (χ3n) is 4.67. The van der Waals surface area contributed by atoms with Crippen molar-refractivity contribution in [1.29, 1.82) is 0 Å². The summed E-state index contributed by atoms with van der Waals surface area (Å²) in [7, 11) is 0. The summed E-state index contributed by atoms with van der Waals surface area (Å²) in [5.74, 6) is 3.51. The summed E-state index contributed by atoms with van der Waals surface area (Å²) in [6.07, 6.45) is 6.44. The molecule has 5 aliphatic rings. The summed E-state index contributed by atoms with van der Waals surface area (Å²) in [5, 5.41) is 0. The van der Waals surface area contributed by atoms with Crippen molar-refractivity contribution in [2.75, 3.05) is 6.61 Å². The van der Waals surface area contributed by atoms with Crippen LogP contribution in [0.25, 0.3) is 0 Å². The zero-order valence-corrected chi connectivity index (χ0v) is 9.43. The molecule has 0 aromatic rings. The predicted molar refractivity (Wildman–Crippen MR) is 56.2 cm³/mol. The van der Waals surface area contributed by atoms with Crippen molar-refractivity contribution >= 4 is 11.6 Å². The van der Waals surface area contributed by atoms with Crippen LogP contribution < -0.4 is 0 Å². The lowest BCUT2D eigenvalue weighted by Crippen LogP contribution is -2.50. The minimum absolute atomic E-state index is 0.0616. The van der Waals surface area contributed by atoms with Crippen LogP contribution in [-0.4, -0.2) is 11.5 Å². The second-order valence-corrected chi connectivity index (χ2v) is 6.42. The monoisotopic (exact) mass is 226 g/mol. The molecule has 82 valence electrons. The molecular formula is C12H15ClO2. The first kappa shape index (κ1) is 8.89. The molecule has 3 heteroatoms. The van der Waals surface area contributed by atoms with Gasteiger partial charge >= 0.3 is 0 Å². The van der Waals surface area contributed by atoms with Gasteiger partial charge in [0.1, 0.15) is 0 Å². The fourth-order valence-corrected chi connectivity index (χ4v) is 5.13. The van der Waals surface area contributed by atoms with Gasteiger partial charge in [-0.05, 0) is 55.4 Å². The zero-order chi connectivity index (χ0) is 10.0. The fourth-order valence-electron chi connectivity index (χ4n) is 4.44. The molecule has 15 heavy (non-hydrogen) atoms. The van der Waals surface area contributed by atoms with Crippen LogP contribution in [0.1, 0.15) is 32.1 Å². The lowest BCUT2D eigenvalue weighted by molar-refractivity contribution is -0.338. The molecule has 0 amide bonds. The Morgan fingerprint density at radius 1 is 1.13 bits per heavy atom. The second kappa shape index (κ2) is 2.72. The van der Waals surface area contributed by atoms with Crippen LogP contribution in [0.5, 0.6) is 0 Å². The maximum atomic E-state index is 6.81. The molecule has 0 N–H and O–H groups in total. The second-order valence-electron chi connectivity index (χ2n) is 5.69. The number of hydrogen-bond acceptors (Lipinski definition) is 2. The van der Waals surface area contributed by atoms with Gasteiger partial charge in [-0.15, -0.1) is 11.6 Å². The molecule has 0 aromatic carbocycles. The fraction of sp³-hybridized carbons (Fsp3) is 0.833. The maximum absolute atomic E-state index is 6.81. The summed E-state index contributed by atoms with van der Waals surface area (Å²) in [6, 6.07) is 0. The number of alkyl halides is 1. The van der Waals surface area contributed by atoms with Gasteiger partial charge in [-0.25, -0.2) is 0 Å². The molecule has 0 spiro atoms. The molecular weight excluding hydrogens is 212 g/mol. The maximum Gasteiger partial charge on any atom is 0.173 e. The normalized spacial score (nSPS) is 56.5. The summed E-state index contributed by atoms with van der Waals surface area (Å²) < 4.78 is 0. The molecule has 0 radical (unpaired) electrons. The Bertz CT molecular complexity index is 330. The van der Waals surface area contributed by atoms with Gasteiger partial charge in [-0.1, -0.05) is 0 Å². The van der Waals surface area contributed by atoms with Crippen LogP contribution in [0.3, 0.4) is 0 Å². The molecule has 1 saturated heterocycles. The Hall–Kier alpha value is -0.210. The van der Waals surface area contributed by atoms with Gasteiger partial charge in [0.25, 0.3) is 0 Å². The highest BCUT2D eigenvalue weighted by Crippen LogP contribution is 2.62. The topological polar surface area (TPSA) is 18.5 Å². The van der Waals surface area contributed by atoms with Crippen LogP contribution in [0.4, 0.5) is 0 Å². The molecule has 0 aromatic heterocycles. The van der Waals surface area contributed by atoms with Crippen LogP contribution >= 0.6 is 11.6 Å². The molecule has 2 atom stereocenters. The smallest absolute Gasteiger partial charge is 0.173 e. The van der Waals surface area contributed by atoms with Crippen LogP contribution in [0.2, 0.25) is 0 Å². The largest absolute Gasteiger partial charge is 0.339 e. The first-order chi connectivity index (χ1) is 7.24. The van der Waals surface area contributed by atoms with Crippen molar-refractivity contribution in [3.63, 3.8) is 0 Å². The lowest BCUT2D eigenvalue weighted by Gasteiger charge is -2.56. The Kier molecular flexibility index (Phi) is 1.61. The molecule has 5 rings (SSSR count). The molecule has 4 aliphatic carbocycles. The first-order valence-corrected chi connectivity index (χ1v) is 6.34. The standard InChI is InChI=1S/C12H15ClO2/c13-12-4-7-1-8(5-12)3-9(2-7)11(12)10-6-14-15-10/h7-9H,1-6H2. The van der Waals surface area contributed by atoms with Gasteiger partial charge in [0, 0.05) is 0 Å². The van der Waals surface area contributed by atoms with E-state index in [1.807, 2.05) is 0 Å². The molecule has 5 fully saturated rings. The Morgan fingerprint density at radius 2 is 1.80 bits per heavy atom. The van der Waals surface area contributed by atoms with E-state index in [1.165, 1.54) is 37.7 Å². The zero-order valence-electron chi connectivity index (χ0n) is 8.67. The summed E-state index contributed by atoms with van der Waals surface area (Å²) in [5.41, 5.74) is 1.41. The highest BCUT2D eigenvalue weighted by Gasteiger charge is 2.55. The predicted octanol–water partition coefficient (Wildman–Crippen LogP) is 3.02. The van der Waals surface area contributed by atoms with Crippen LogP contribution in [-0.2, 0) is 9.78 Å². The van der Waals surface area contributed by atoms with Gasteiger partial charge in [-0.3, -0.25) is 0 Å². The van der Waals surface area contributed by atoms with E-state index in [0.717, 1.165) is 17.6 Å². The lowest BCUT2D eigenvalue weighted by atomic mass is 9.53. The van der Waals surface area contributed by atoms with Gasteiger partial charge in [0.15, 0.2) is 12.4 Å². The molecule has 2 unspecified atom stereocenters. The number of allylic oxidation sites excluding steroid dienone is 1. The average molecular weight is 227 g/mol. The molecule has 1 heterocycles. The molecule has 2 nitrogen and oxygen atoms in total. The average Bonchev–Trinajstić information content (AvgIpc) is 2.05. The first-order valence-electron chi connectivity index (χ1n) is 5.96. The van der Waals surface area contributed by atoms with E-state index in [2.05, 4.69) is 0 Å². The van der Waals surface area contributed by atoms with Crippen molar-refractivity contribution in [1.82, 2.24) is 0 Å². The summed E-state index contributed by atoms with van der Waals surface area (Å²) in [6.45, 7) is 0.648. The quantitative estimate of drug-likeness (QED) is 0.467. The van der Waals surface area contributed by atoms with Crippen molar-refractivity contribution in [2.24, 2.45) is 17.8 Å².